The molecule has 3 aromatic rings. The van der Waals surface area contributed by atoms with E-state index in [1.165, 1.54) is 7.11 Å². The zero-order chi connectivity index (χ0) is 18.4. The van der Waals surface area contributed by atoms with Crippen molar-refractivity contribution in [1.29, 1.82) is 5.26 Å². The van der Waals surface area contributed by atoms with Gasteiger partial charge in [0.25, 0.3) is 5.91 Å². The number of anilines is 3. The number of nitriles is 1. The lowest BCUT2D eigenvalue weighted by molar-refractivity contribution is 0.102. The van der Waals surface area contributed by atoms with Crippen LogP contribution in [0.4, 0.5) is 17.2 Å². The maximum Gasteiger partial charge on any atom is 0.259 e. The standard InChI is InChI=1S/C20H16N4O2/c1-26-18-8-3-2-7-17(18)20(25)24-16-9-10-19(22-13-16)23-15-6-4-5-14(11-15)12-21/h2-11,13H,1H3,(H,22,23)(H,24,25). The maximum absolute atomic E-state index is 12.4. The zero-order valence-electron chi connectivity index (χ0n) is 14.1. The number of nitrogens with one attached hydrogen (secondary N) is 2. The molecule has 3 rings (SSSR count). The Bertz CT molecular complexity index is 962. The molecule has 6 heteroatoms. The largest absolute Gasteiger partial charge is 0.496 e. The number of ether oxygens (including phenoxy) is 1. The fourth-order valence-electron chi connectivity index (χ4n) is 2.39. The highest BCUT2D eigenvalue weighted by Crippen LogP contribution is 2.20. The first kappa shape index (κ1) is 17.0. The molecule has 2 N–H and O–H groups in total. The number of carbonyl (C=O) groups is 1. The first-order valence-electron chi connectivity index (χ1n) is 7.87. The number of para-hydroxylation sites is 1. The second-order valence-corrected chi connectivity index (χ2v) is 5.40. The number of aromatic nitrogens is 1. The van der Waals surface area contributed by atoms with Crippen LogP contribution in [0, 0.1) is 11.3 Å². The van der Waals surface area contributed by atoms with Gasteiger partial charge in [-0.2, -0.15) is 5.26 Å². The molecule has 0 saturated heterocycles. The van der Waals surface area contributed by atoms with Crippen molar-refractivity contribution in [2.45, 2.75) is 0 Å². The molecule has 2 aromatic carbocycles. The van der Waals surface area contributed by atoms with Crippen LogP contribution < -0.4 is 15.4 Å². The summed E-state index contributed by atoms with van der Waals surface area (Å²) in [4.78, 5) is 16.7. The van der Waals surface area contributed by atoms with Crippen molar-refractivity contribution < 1.29 is 9.53 Å². The highest BCUT2D eigenvalue weighted by molar-refractivity contribution is 6.06. The van der Waals surface area contributed by atoms with Gasteiger partial charge in [-0.05, 0) is 42.5 Å². The molecule has 0 fully saturated rings. The summed E-state index contributed by atoms with van der Waals surface area (Å²) >= 11 is 0. The third-order valence-electron chi connectivity index (χ3n) is 3.64. The minimum atomic E-state index is -0.272. The predicted octanol–water partition coefficient (Wildman–Crippen LogP) is 3.96. The van der Waals surface area contributed by atoms with Crippen molar-refractivity contribution >= 4 is 23.1 Å². The summed E-state index contributed by atoms with van der Waals surface area (Å²) in [7, 11) is 1.52. The van der Waals surface area contributed by atoms with Gasteiger partial charge in [-0.1, -0.05) is 18.2 Å². The van der Waals surface area contributed by atoms with Crippen molar-refractivity contribution in [3.8, 4) is 11.8 Å². The summed E-state index contributed by atoms with van der Waals surface area (Å²) < 4.78 is 5.20. The van der Waals surface area contributed by atoms with E-state index in [-0.39, 0.29) is 5.91 Å². The quantitative estimate of drug-likeness (QED) is 0.731. The zero-order valence-corrected chi connectivity index (χ0v) is 14.1. The molecule has 1 amide bonds. The Kier molecular flexibility index (Phi) is 5.11. The highest BCUT2D eigenvalue weighted by atomic mass is 16.5. The lowest BCUT2D eigenvalue weighted by Crippen LogP contribution is -2.13. The number of amides is 1. The van der Waals surface area contributed by atoms with Gasteiger partial charge in [0.2, 0.25) is 0 Å². The van der Waals surface area contributed by atoms with Gasteiger partial charge in [0.05, 0.1) is 36.2 Å². The van der Waals surface area contributed by atoms with Gasteiger partial charge in [-0.15, -0.1) is 0 Å². The van der Waals surface area contributed by atoms with Crippen LogP contribution in [0.2, 0.25) is 0 Å². The van der Waals surface area contributed by atoms with Gasteiger partial charge < -0.3 is 15.4 Å². The van der Waals surface area contributed by atoms with Gasteiger partial charge >= 0.3 is 0 Å². The molecular weight excluding hydrogens is 328 g/mol. The molecule has 6 nitrogen and oxygen atoms in total. The van der Waals surface area contributed by atoms with Crippen LogP contribution in [0.25, 0.3) is 0 Å². The van der Waals surface area contributed by atoms with Gasteiger partial charge in [0.15, 0.2) is 0 Å². The lowest BCUT2D eigenvalue weighted by atomic mass is 10.2. The van der Waals surface area contributed by atoms with Gasteiger partial charge in [-0.3, -0.25) is 4.79 Å². The Morgan fingerprint density at radius 1 is 1.08 bits per heavy atom. The molecule has 1 aromatic heterocycles. The molecule has 128 valence electrons. The van der Waals surface area contributed by atoms with Crippen molar-refractivity contribution in [2.75, 3.05) is 17.7 Å². The second kappa shape index (κ2) is 7.81. The van der Waals surface area contributed by atoms with E-state index in [2.05, 4.69) is 21.7 Å². The SMILES string of the molecule is COc1ccccc1C(=O)Nc1ccc(Nc2cccc(C#N)c2)nc1. The van der Waals surface area contributed by atoms with E-state index < -0.39 is 0 Å². The van der Waals surface area contributed by atoms with Crippen LogP contribution in [0.1, 0.15) is 15.9 Å². The van der Waals surface area contributed by atoms with E-state index in [1.54, 1.807) is 60.8 Å². The lowest BCUT2D eigenvalue weighted by Gasteiger charge is -2.10. The predicted molar refractivity (Wildman–Crippen MR) is 99.6 cm³/mol. The molecule has 1 heterocycles. The smallest absolute Gasteiger partial charge is 0.259 e. The fourth-order valence-corrected chi connectivity index (χ4v) is 2.39. The fraction of sp³-hybridized carbons (Fsp3) is 0.0500. The van der Waals surface area contributed by atoms with Crippen molar-refractivity contribution in [1.82, 2.24) is 4.98 Å². The van der Waals surface area contributed by atoms with Gasteiger partial charge in [0, 0.05) is 5.69 Å². The Morgan fingerprint density at radius 2 is 1.92 bits per heavy atom. The Labute approximate surface area is 151 Å². The van der Waals surface area contributed by atoms with Gasteiger partial charge in [0.1, 0.15) is 11.6 Å². The van der Waals surface area contributed by atoms with Crippen LogP contribution in [0.15, 0.2) is 66.9 Å². The summed E-state index contributed by atoms with van der Waals surface area (Å²) in [5.41, 5.74) is 2.35. The first-order chi connectivity index (χ1) is 12.7. The first-order valence-corrected chi connectivity index (χ1v) is 7.87. The summed E-state index contributed by atoms with van der Waals surface area (Å²) in [5, 5.41) is 14.8. The molecule has 0 unspecified atom stereocenters. The van der Waals surface area contributed by atoms with Crippen molar-refractivity contribution in [3.05, 3.63) is 78.0 Å². The molecule has 26 heavy (non-hydrogen) atoms. The Morgan fingerprint density at radius 3 is 2.65 bits per heavy atom. The molecule has 0 spiro atoms. The molecule has 0 aliphatic heterocycles. The van der Waals surface area contributed by atoms with Crippen LogP contribution in [-0.4, -0.2) is 18.0 Å². The molecule has 0 aliphatic carbocycles. The topological polar surface area (TPSA) is 87.0 Å². The molecule has 0 atom stereocenters. The van der Waals surface area contributed by atoms with Crippen molar-refractivity contribution in [2.24, 2.45) is 0 Å². The average Bonchev–Trinajstić information content (AvgIpc) is 2.69. The normalized spacial score (nSPS) is 9.85. The van der Waals surface area contributed by atoms with E-state index >= 15 is 0 Å². The number of carbonyl (C=O) groups excluding carboxylic acids is 1. The van der Waals surface area contributed by atoms with Crippen LogP contribution in [-0.2, 0) is 0 Å². The van der Waals surface area contributed by atoms with Gasteiger partial charge in [-0.25, -0.2) is 4.98 Å². The number of methoxy groups -OCH3 is 1. The summed E-state index contributed by atoms with van der Waals surface area (Å²) in [5.74, 6) is 0.843. The van der Waals surface area contributed by atoms with E-state index in [0.717, 1.165) is 5.69 Å². The molecule has 0 bridgehead atoms. The molecular formula is C20H16N4O2. The number of benzene rings is 2. The third kappa shape index (κ3) is 3.97. The third-order valence-corrected chi connectivity index (χ3v) is 3.64. The minimum Gasteiger partial charge on any atom is -0.496 e. The van der Waals surface area contributed by atoms with E-state index in [9.17, 15) is 4.79 Å². The minimum absolute atomic E-state index is 0.272. The van der Waals surface area contributed by atoms with Crippen LogP contribution in [0.5, 0.6) is 5.75 Å². The number of nitrogens with zero attached hydrogens (tertiary/aromatic N) is 2. The Balaban J connectivity index is 1.69. The van der Waals surface area contributed by atoms with E-state index in [0.29, 0.717) is 28.4 Å². The molecule has 0 saturated carbocycles. The summed E-state index contributed by atoms with van der Waals surface area (Å²) in [6, 6.07) is 19.7. The van der Waals surface area contributed by atoms with Crippen LogP contribution in [0.3, 0.4) is 0 Å². The molecule has 0 aliphatic rings. The number of pyridine rings is 1. The van der Waals surface area contributed by atoms with E-state index in [4.69, 9.17) is 10.00 Å². The monoisotopic (exact) mass is 344 g/mol. The maximum atomic E-state index is 12.4. The summed E-state index contributed by atoms with van der Waals surface area (Å²) in [6.45, 7) is 0. The number of hydrogen-bond donors (Lipinski definition) is 2. The van der Waals surface area contributed by atoms with E-state index in [1.807, 2.05) is 6.07 Å². The number of hydrogen-bond acceptors (Lipinski definition) is 5. The second-order valence-electron chi connectivity index (χ2n) is 5.40. The highest BCUT2D eigenvalue weighted by Gasteiger charge is 2.11. The number of rotatable bonds is 5. The van der Waals surface area contributed by atoms with Crippen molar-refractivity contribution in [3.63, 3.8) is 0 Å². The molecule has 0 radical (unpaired) electrons. The Hall–Kier alpha value is -3.85. The summed E-state index contributed by atoms with van der Waals surface area (Å²) in [6.07, 6.45) is 1.56. The average molecular weight is 344 g/mol. The van der Waals surface area contributed by atoms with Crippen LogP contribution >= 0.6 is 0 Å².